The summed E-state index contributed by atoms with van der Waals surface area (Å²) in [5, 5.41) is 13.1. The van der Waals surface area contributed by atoms with E-state index in [9.17, 15) is 9.59 Å². The Labute approximate surface area is 134 Å². The standard InChI is InChI=1S/C17H17N3O3/c1-3-13-10-20(19-16(13)17(22)23-4-2)11-15(21)14-7-5-6-12(8-14)9-18/h5-8,10H,3-4,11H2,1-2H3. The normalized spacial score (nSPS) is 10.1. The third-order valence-electron chi connectivity index (χ3n) is 3.31. The molecule has 0 amide bonds. The van der Waals surface area contributed by atoms with Crippen LogP contribution in [0.4, 0.5) is 0 Å². The Morgan fingerprint density at radius 1 is 1.35 bits per heavy atom. The highest BCUT2D eigenvalue weighted by atomic mass is 16.5. The van der Waals surface area contributed by atoms with Crippen LogP contribution in [0.15, 0.2) is 30.5 Å². The summed E-state index contributed by atoms with van der Waals surface area (Å²) in [7, 11) is 0. The number of hydrogen-bond donors (Lipinski definition) is 0. The molecule has 0 bridgehead atoms. The van der Waals surface area contributed by atoms with Crippen molar-refractivity contribution in [1.29, 1.82) is 5.26 Å². The summed E-state index contributed by atoms with van der Waals surface area (Å²) in [4.78, 5) is 24.2. The third kappa shape index (κ3) is 3.83. The molecule has 0 atom stereocenters. The smallest absolute Gasteiger partial charge is 0.359 e. The summed E-state index contributed by atoms with van der Waals surface area (Å²) in [6.45, 7) is 3.91. The maximum Gasteiger partial charge on any atom is 0.359 e. The predicted molar refractivity (Wildman–Crippen MR) is 83.0 cm³/mol. The van der Waals surface area contributed by atoms with E-state index in [0.717, 1.165) is 5.56 Å². The lowest BCUT2D eigenvalue weighted by Gasteiger charge is -2.02. The van der Waals surface area contributed by atoms with Gasteiger partial charge in [-0.1, -0.05) is 19.1 Å². The van der Waals surface area contributed by atoms with E-state index in [2.05, 4.69) is 5.10 Å². The molecule has 1 heterocycles. The van der Waals surface area contributed by atoms with Gasteiger partial charge in [0.05, 0.1) is 18.2 Å². The SMILES string of the molecule is CCOC(=O)c1nn(CC(=O)c2cccc(C#N)c2)cc1CC. The lowest BCUT2D eigenvalue weighted by atomic mass is 10.1. The van der Waals surface area contributed by atoms with Crippen molar-refractivity contribution < 1.29 is 14.3 Å². The molecular weight excluding hydrogens is 294 g/mol. The first-order chi connectivity index (χ1) is 11.1. The van der Waals surface area contributed by atoms with E-state index >= 15 is 0 Å². The number of ether oxygens (including phenoxy) is 1. The number of esters is 1. The summed E-state index contributed by atoms with van der Waals surface area (Å²) in [5.74, 6) is -0.662. The quantitative estimate of drug-likeness (QED) is 0.604. The number of aromatic nitrogens is 2. The van der Waals surface area contributed by atoms with E-state index in [4.69, 9.17) is 10.00 Å². The molecule has 6 nitrogen and oxygen atoms in total. The molecule has 0 saturated carbocycles. The second kappa shape index (κ2) is 7.36. The number of rotatable bonds is 6. The van der Waals surface area contributed by atoms with E-state index in [0.29, 0.717) is 17.5 Å². The fraction of sp³-hybridized carbons (Fsp3) is 0.294. The largest absolute Gasteiger partial charge is 0.461 e. The highest BCUT2D eigenvalue weighted by Crippen LogP contribution is 2.11. The van der Waals surface area contributed by atoms with E-state index in [1.54, 1.807) is 37.4 Å². The second-order valence-corrected chi connectivity index (χ2v) is 4.89. The second-order valence-electron chi connectivity index (χ2n) is 4.89. The van der Waals surface area contributed by atoms with E-state index < -0.39 is 5.97 Å². The van der Waals surface area contributed by atoms with Crippen molar-refractivity contribution in [3.05, 3.63) is 52.8 Å². The van der Waals surface area contributed by atoms with Crippen molar-refractivity contribution in [3.8, 4) is 6.07 Å². The van der Waals surface area contributed by atoms with Crippen LogP contribution >= 0.6 is 0 Å². The molecule has 0 saturated heterocycles. The number of Topliss-reactive ketones (excluding diaryl/α,β-unsaturated/α-hetero) is 1. The molecule has 1 aromatic carbocycles. The monoisotopic (exact) mass is 311 g/mol. The van der Waals surface area contributed by atoms with Gasteiger partial charge in [-0.3, -0.25) is 9.48 Å². The van der Waals surface area contributed by atoms with E-state index in [1.807, 2.05) is 13.0 Å². The van der Waals surface area contributed by atoms with Gasteiger partial charge in [0.25, 0.3) is 0 Å². The van der Waals surface area contributed by atoms with Crippen LogP contribution in [0.25, 0.3) is 0 Å². The van der Waals surface area contributed by atoms with Gasteiger partial charge in [0, 0.05) is 17.3 Å². The first-order valence-corrected chi connectivity index (χ1v) is 7.35. The van der Waals surface area contributed by atoms with Crippen LogP contribution in [0.5, 0.6) is 0 Å². The van der Waals surface area contributed by atoms with Gasteiger partial charge in [-0.25, -0.2) is 4.79 Å². The Kier molecular flexibility index (Phi) is 5.26. The first-order valence-electron chi connectivity index (χ1n) is 7.35. The fourth-order valence-corrected chi connectivity index (χ4v) is 2.17. The van der Waals surface area contributed by atoms with E-state index in [1.165, 1.54) is 4.68 Å². The summed E-state index contributed by atoms with van der Waals surface area (Å²) in [5.41, 5.74) is 1.85. The zero-order valence-corrected chi connectivity index (χ0v) is 13.1. The van der Waals surface area contributed by atoms with Crippen LogP contribution in [0.1, 0.15) is 45.8 Å². The van der Waals surface area contributed by atoms with E-state index in [-0.39, 0.29) is 24.6 Å². The summed E-state index contributed by atoms with van der Waals surface area (Å²) in [6.07, 6.45) is 2.30. The average molecular weight is 311 g/mol. The average Bonchev–Trinajstić information content (AvgIpc) is 2.98. The number of carbonyl (C=O) groups is 2. The van der Waals surface area contributed by atoms with Crippen LogP contribution in [-0.4, -0.2) is 28.1 Å². The Balaban J connectivity index is 2.21. The van der Waals surface area contributed by atoms with Gasteiger partial charge >= 0.3 is 5.97 Å². The van der Waals surface area contributed by atoms with Gasteiger partial charge in [0.15, 0.2) is 11.5 Å². The zero-order valence-electron chi connectivity index (χ0n) is 13.1. The molecule has 1 aromatic heterocycles. The number of carbonyl (C=O) groups excluding carboxylic acids is 2. The van der Waals surface area contributed by atoms with Gasteiger partial charge in [0.2, 0.25) is 0 Å². The molecule has 2 rings (SSSR count). The zero-order chi connectivity index (χ0) is 16.8. The van der Waals surface area contributed by atoms with Crippen LogP contribution in [0, 0.1) is 11.3 Å². The lowest BCUT2D eigenvalue weighted by Crippen LogP contribution is -2.13. The Morgan fingerprint density at radius 2 is 2.13 bits per heavy atom. The van der Waals surface area contributed by atoms with Crippen molar-refractivity contribution in [3.63, 3.8) is 0 Å². The maximum absolute atomic E-state index is 12.3. The van der Waals surface area contributed by atoms with Crippen LogP contribution in [0.2, 0.25) is 0 Å². The molecule has 0 fully saturated rings. The molecular formula is C17H17N3O3. The van der Waals surface area contributed by atoms with Crippen molar-refractivity contribution in [1.82, 2.24) is 9.78 Å². The Bertz CT molecular complexity index is 772. The van der Waals surface area contributed by atoms with Gasteiger partial charge in [-0.15, -0.1) is 0 Å². The molecule has 0 radical (unpaired) electrons. The summed E-state index contributed by atoms with van der Waals surface area (Å²) in [6, 6.07) is 8.50. The van der Waals surface area contributed by atoms with Crippen LogP contribution < -0.4 is 0 Å². The molecule has 6 heteroatoms. The third-order valence-corrected chi connectivity index (χ3v) is 3.31. The topological polar surface area (TPSA) is 85.0 Å². The number of nitriles is 1. The van der Waals surface area contributed by atoms with Crippen LogP contribution in [0.3, 0.4) is 0 Å². The Morgan fingerprint density at radius 3 is 2.78 bits per heavy atom. The van der Waals surface area contributed by atoms with Crippen molar-refractivity contribution in [2.45, 2.75) is 26.8 Å². The summed E-state index contributed by atoms with van der Waals surface area (Å²) < 4.78 is 6.40. The highest BCUT2D eigenvalue weighted by molar-refractivity contribution is 5.96. The number of ketones is 1. The minimum absolute atomic E-state index is 0.00128. The number of nitrogens with zero attached hydrogens (tertiary/aromatic N) is 3. The molecule has 0 aliphatic heterocycles. The molecule has 2 aromatic rings. The van der Waals surface area contributed by atoms with Crippen molar-refractivity contribution in [2.75, 3.05) is 6.61 Å². The molecule has 0 aliphatic rings. The number of hydrogen-bond acceptors (Lipinski definition) is 5. The molecule has 118 valence electrons. The lowest BCUT2D eigenvalue weighted by molar-refractivity contribution is 0.0516. The fourth-order valence-electron chi connectivity index (χ4n) is 2.17. The van der Waals surface area contributed by atoms with Gasteiger partial charge in [-0.2, -0.15) is 10.4 Å². The van der Waals surface area contributed by atoms with Crippen LogP contribution in [-0.2, 0) is 17.7 Å². The molecule has 0 aliphatic carbocycles. The van der Waals surface area contributed by atoms with Gasteiger partial charge in [-0.05, 0) is 25.5 Å². The molecule has 23 heavy (non-hydrogen) atoms. The number of benzene rings is 1. The summed E-state index contributed by atoms with van der Waals surface area (Å²) >= 11 is 0. The molecule has 0 N–H and O–H groups in total. The highest BCUT2D eigenvalue weighted by Gasteiger charge is 2.18. The maximum atomic E-state index is 12.3. The van der Waals surface area contributed by atoms with Gasteiger partial charge in [0.1, 0.15) is 6.54 Å². The molecule has 0 spiro atoms. The van der Waals surface area contributed by atoms with Crippen molar-refractivity contribution in [2.24, 2.45) is 0 Å². The predicted octanol–water partition coefficient (Wildman–Crippen LogP) is 2.38. The molecule has 0 unspecified atom stereocenters. The minimum Gasteiger partial charge on any atom is -0.461 e. The van der Waals surface area contributed by atoms with Gasteiger partial charge < -0.3 is 4.74 Å². The Hall–Kier alpha value is -2.94. The van der Waals surface area contributed by atoms with Crippen molar-refractivity contribution >= 4 is 11.8 Å². The number of aryl methyl sites for hydroxylation is 1. The minimum atomic E-state index is -0.484. The first kappa shape index (κ1) is 16.4.